The van der Waals surface area contributed by atoms with E-state index in [0.29, 0.717) is 0 Å². The number of aryl methyl sites for hydroxylation is 3. The molecule has 27 heavy (non-hydrogen) atoms. The highest BCUT2D eigenvalue weighted by molar-refractivity contribution is 5.81. The Hall–Kier alpha value is -2.09. The van der Waals surface area contributed by atoms with Crippen molar-refractivity contribution in [2.45, 2.75) is 78.7 Å². The van der Waals surface area contributed by atoms with Gasteiger partial charge in [0, 0.05) is 12.1 Å². The van der Waals surface area contributed by atoms with E-state index >= 15 is 0 Å². The topological polar surface area (TPSA) is 17.8 Å². The molecule has 2 nitrogen and oxygen atoms in total. The van der Waals surface area contributed by atoms with E-state index in [0.717, 1.165) is 17.9 Å². The maximum Gasteiger partial charge on any atom is 0.141 e. The number of benzene rings is 2. The quantitative estimate of drug-likeness (QED) is 0.342. The fourth-order valence-electron chi connectivity index (χ4n) is 3.98. The van der Waals surface area contributed by atoms with Gasteiger partial charge in [0.05, 0.1) is 11.0 Å². The average Bonchev–Trinajstić information content (AvgIpc) is 3.02. The molecule has 0 spiro atoms. The standard InChI is InChI=1S/C25H34N2/c1-4-5-6-7-8-9-10-13-18-27-24-15-12-11-14-23(24)26-25(27)22-17-16-20(2)19-21(22)3/h11-12,14-17,19H,4-10,13,18H2,1-3H3. The molecule has 0 aliphatic rings. The maximum atomic E-state index is 4.99. The van der Waals surface area contributed by atoms with Crippen LogP contribution in [0.5, 0.6) is 0 Å². The average molecular weight is 363 g/mol. The lowest BCUT2D eigenvalue weighted by Crippen LogP contribution is -2.02. The van der Waals surface area contributed by atoms with Gasteiger partial charge in [-0.05, 0) is 38.0 Å². The third kappa shape index (κ3) is 5.00. The minimum absolute atomic E-state index is 1.05. The van der Waals surface area contributed by atoms with Crippen LogP contribution < -0.4 is 0 Å². The summed E-state index contributed by atoms with van der Waals surface area (Å²) >= 11 is 0. The van der Waals surface area contributed by atoms with Crippen molar-refractivity contribution in [2.24, 2.45) is 0 Å². The van der Waals surface area contributed by atoms with E-state index in [1.165, 1.54) is 73.6 Å². The van der Waals surface area contributed by atoms with Crippen molar-refractivity contribution in [2.75, 3.05) is 0 Å². The van der Waals surface area contributed by atoms with Crippen LogP contribution in [0.4, 0.5) is 0 Å². The first-order valence-electron chi connectivity index (χ1n) is 10.7. The molecule has 0 atom stereocenters. The molecule has 0 radical (unpaired) electrons. The number of fused-ring (bicyclic) bond motifs is 1. The Morgan fingerprint density at radius 2 is 1.52 bits per heavy atom. The Morgan fingerprint density at radius 3 is 2.26 bits per heavy atom. The summed E-state index contributed by atoms with van der Waals surface area (Å²) in [6.07, 6.45) is 10.8. The zero-order valence-electron chi connectivity index (χ0n) is 17.3. The van der Waals surface area contributed by atoms with Crippen molar-refractivity contribution in [3.05, 3.63) is 53.6 Å². The summed E-state index contributed by atoms with van der Waals surface area (Å²) in [4.78, 5) is 4.99. The molecule has 0 saturated carbocycles. The summed E-state index contributed by atoms with van der Waals surface area (Å²) in [6.45, 7) is 7.68. The molecule has 3 aromatic rings. The van der Waals surface area contributed by atoms with Gasteiger partial charge in [-0.15, -0.1) is 0 Å². The second-order valence-electron chi connectivity index (χ2n) is 7.87. The highest BCUT2D eigenvalue weighted by atomic mass is 15.1. The van der Waals surface area contributed by atoms with E-state index < -0.39 is 0 Å². The molecule has 0 N–H and O–H groups in total. The van der Waals surface area contributed by atoms with E-state index in [-0.39, 0.29) is 0 Å². The zero-order chi connectivity index (χ0) is 19.1. The van der Waals surface area contributed by atoms with Crippen LogP contribution in [-0.2, 0) is 6.54 Å². The Balaban J connectivity index is 1.72. The second-order valence-corrected chi connectivity index (χ2v) is 7.87. The van der Waals surface area contributed by atoms with Crippen LogP contribution in [0.1, 0.15) is 69.4 Å². The minimum Gasteiger partial charge on any atom is -0.324 e. The number of nitrogens with zero attached hydrogens (tertiary/aromatic N) is 2. The third-order valence-corrected chi connectivity index (χ3v) is 5.51. The second kappa shape index (κ2) is 9.73. The Morgan fingerprint density at radius 1 is 0.815 bits per heavy atom. The normalized spacial score (nSPS) is 11.4. The SMILES string of the molecule is CCCCCCCCCCn1c(-c2ccc(C)cc2C)nc2ccccc21. The highest BCUT2D eigenvalue weighted by Gasteiger charge is 2.13. The zero-order valence-corrected chi connectivity index (χ0v) is 17.3. The molecule has 2 heteroatoms. The van der Waals surface area contributed by atoms with Gasteiger partial charge in [-0.2, -0.15) is 0 Å². The third-order valence-electron chi connectivity index (χ3n) is 5.51. The van der Waals surface area contributed by atoms with Gasteiger partial charge >= 0.3 is 0 Å². The van der Waals surface area contributed by atoms with E-state index in [4.69, 9.17) is 4.98 Å². The lowest BCUT2D eigenvalue weighted by atomic mass is 10.0. The lowest BCUT2D eigenvalue weighted by Gasteiger charge is -2.12. The summed E-state index contributed by atoms with van der Waals surface area (Å²) in [5, 5.41) is 0. The molecule has 0 unspecified atom stereocenters. The molecule has 0 aliphatic heterocycles. The number of imidazole rings is 1. The van der Waals surface area contributed by atoms with Gasteiger partial charge < -0.3 is 4.57 Å². The molecule has 0 amide bonds. The van der Waals surface area contributed by atoms with E-state index in [2.05, 4.69) is 67.8 Å². The van der Waals surface area contributed by atoms with E-state index in [9.17, 15) is 0 Å². The fourth-order valence-corrected chi connectivity index (χ4v) is 3.98. The molecule has 1 heterocycles. The van der Waals surface area contributed by atoms with Crippen LogP contribution >= 0.6 is 0 Å². The summed E-state index contributed by atoms with van der Waals surface area (Å²) in [5.41, 5.74) is 6.24. The number of unbranched alkanes of at least 4 members (excludes halogenated alkanes) is 7. The Labute approximate surface area is 164 Å². The highest BCUT2D eigenvalue weighted by Crippen LogP contribution is 2.28. The van der Waals surface area contributed by atoms with Crippen LogP contribution in [0.15, 0.2) is 42.5 Å². The molecule has 0 bridgehead atoms. The lowest BCUT2D eigenvalue weighted by molar-refractivity contribution is 0.549. The first-order valence-corrected chi connectivity index (χ1v) is 10.7. The predicted octanol–water partition coefficient (Wildman–Crippen LogP) is 7.46. The van der Waals surface area contributed by atoms with Gasteiger partial charge in [0.15, 0.2) is 0 Å². The number of para-hydroxylation sites is 2. The van der Waals surface area contributed by atoms with Gasteiger partial charge in [-0.3, -0.25) is 0 Å². The van der Waals surface area contributed by atoms with Crippen molar-refractivity contribution in [1.82, 2.24) is 9.55 Å². The van der Waals surface area contributed by atoms with Crippen molar-refractivity contribution < 1.29 is 0 Å². The fraction of sp³-hybridized carbons (Fsp3) is 0.480. The summed E-state index contributed by atoms with van der Waals surface area (Å²) < 4.78 is 2.43. The molecule has 144 valence electrons. The predicted molar refractivity (Wildman–Crippen MR) is 117 cm³/mol. The van der Waals surface area contributed by atoms with Crippen LogP contribution in [-0.4, -0.2) is 9.55 Å². The number of hydrogen-bond acceptors (Lipinski definition) is 1. The molecule has 3 rings (SSSR count). The van der Waals surface area contributed by atoms with Gasteiger partial charge in [0.2, 0.25) is 0 Å². The van der Waals surface area contributed by atoms with Crippen LogP contribution in [0.2, 0.25) is 0 Å². The Bertz CT molecular complexity index is 860. The van der Waals surface area contributed by atoms with Crippen molar-refractivity contribution >= 4 is 11.0 Å². The molecule has 0 aliphatic carbocycles. The summed E-state index contributed by atoms with van der Waals surface area (Å²) in [5.74, 6) is 1.12. The van der Waals surface area contributed by atoms with Gasteiger partial charge in [0.25, 0.3) is 0 Å². The molecule has 1 aromatic heterocycles. The molecular formula is C25H34N2. The van der Waals surface area contributed by atoms with Gasteiger partial charge in [-0.25, -0.2) is 4.98 Å². The Kier molecular flexibility index (Phi) is 7.09. The van der Waals surface area contributed by atoms with Crippen molar-refractivity contribution in [3.63, 3.8) is 0 Å². The largest absolute Gasteiger partial charge is 0.324 e. The van der Waals surface area contributed by atoms with Crippen LogP contribution in [0, 0.1) is 13.8 Å². The van der Waals surface area contributed by atoms with Crippen molar-refractivity contribution in [3.8, 4) is 11.4 Å². The summed E-state index contributed by atoms with van der Waals surface area (Å²) in [6, 6.07) is 15.2. The van der Waals surface area contributed by atoms with Crippen LogP contribution in [0.25, 0.3) is 22.4 Å². The summed E-state index contributed by atoms with van der Waals surface area (Å²) in [7, 11) is 0. The maximum absolute atomic E-state index is 4.99. The monoisotopic (exact) mass is 362 g/mol. The molecular weight excluding hydrogens is 328 g/mol. The first kappa shape index (κ1) is 19.7. The van der Waals surface area contributed by atoms with E-state index in [1.807, 2.05) is 0 Å². The van der Waals surface area contributed by atoms with Crippen molar-refractivity contribution in [1.29, 1.82) is 0 Å². The smallest absolute Gasteiger partial charge is 0.141 e. The molecule has 2 aromatic carbocycles. The minimum atomic E-state index is 1.05. The number of hydrogen-bond donors (Lipinski definition) is 0. The van der Waals surface area contributed by atoms with E-state index in [1.54, 1.807) is 0 Å². The van der Waals surface area contributed by atoms with Crippen LogP contribution in [0.3, 0.4) is 0 Å². The van der Waals surface area contributed by atoms with Gasteiger partial charge in [0.1, 0.15) is 5.82 Å². The number of rotatable bonds is 10. The first-order chi connectivity index (χ1) is 13.2. The molecule has 0 saturated heterocycles. The molecule has 0 fully saturated rings. The number of aromatic nitrogens is 2. The van der Waals surface area contributed by atoms with Gasteiger partial charge in [-0.1, -0.05) is 87.8 Å².